The van der Waals surface area contributed by atoms with Gasteiger partial charge < -0.3 is 4.90 Å². The van der Waals surface area contributed by atoms with Crippen LogP contribution in [-0.2, 0) is 9.84 Å². The molecule has 4 nitrogen and oxygen atoms in total. The fraction of sp³-hybridized carbons (Fsp3) is 0.300. The van der Waals surface area contributed by atoms with E-state index in [4.69, 9.17) is 0 Å². The standard InChI is InChI=1S/C8H9NO3S.C2H6/c1-4-6-7(5-2)13(11,12)8(10)9(6)3;1-2/h4-5H,1-2H2,3H3;1-2H3. The van der Waals surface area contributed by atoms with Gasteiger partial charge >= 0.3 is 5.24 Å². The van der Waals surface area contributed by atoms with Crippen molar-refractivity contribution in [1.29, 1.82) is 0 Å². The summed E-state index contributed by atoms with van der Waals surface area (Å²) in [6, 6.07) is 0. The van der Waals surface area contributed by atoms with Crippen LogP contribution < -0.4 is 0 Å². The second-order valence-electron chi connectivity index (χ2n) is 2.49. The Morgan fingerprint density at radius 3 is 1.93 bits per heavy atom. The number of likely N-dealkylation sites (N-methyl/N-ethyl adjacent to an activating group) is 1. The van der Waals surface area contributed by atoms with Crippen molar-refractivity contribution in [3.63, 3.8) is 0 Å². The molecule has 0 saturated carbocycles. The zero-order chi connectivity index (χ0) is 12.2. The highest BCUT2D eigenvalue weighted by Gasteiger charge is 2.39. The third kappa shape index (κ3) is 2.02. The van der Waals surface area contributed by atoms with Gasteiger partial charge in [-0.1, -0.05) is 27.0 Å². The summed E-state index contributed by atoms with van der Waals surface area (Å²) in [6.07, 6.45) is 2.47. The van der Waals surface area contributed by atoms with Crippen molar-refractivity contribution in [2.75, 3.05) is 7.05 Å². The van der Waals surface area contributed by atoms with Gasteiger partial charge in [0.1, 0.15) is 0 Å². The number of hydrogen-bond acceptors (Lipinski definition) is 3. The number of allylic oxidation sites excluding steroid dienone is 2. The van der Waals surface area contributed by atoms with Crippen LogP contribution in [0.2, 0.25) is 0 Å². The lowest BCUT2D eigenvalue weighted by molar-refractivity contribution is 0.242. The van der Waals surface area contributed by atoms with Crippen LogP contribution in [0.25, 0.3) is 0 Å². The first-order valence-electron chi connectivity index (χ1n) is 4.48. The molecule has 0 aromatic rings. The van der Waals surface area contributed by atoms with E-state index in [1.165, 1.54) is 13.1 Å². The van der Waals surface area contributed by atoms with E-state index in [-0.39, 0.29) is 10.6 Å². The van der Waals surface area contributed by atoms with Crippen LogP contribution >= 0.6 is 0 Å². The van der Waals surface area contributed by atoms with Gasteiger partial charge in [0.15, 0.2) is 0 Å². The van der Waals surface area contributed by atoms with Gasteiger partial charge in [0.2, 0.25) is 0 Å². The van der Waals surface area contributed by atoms with Crippen LogP contribution in [-0.4, -0.2) is 25.6 Å². The van der Waals surface area contributed by atoms with Gasteiger partial charge in [0.05, 0.1) is 10.6 Å². The average molecular weight is 229 g/mol. The zero-order valence-corrected chi connectivity index (χ0v) is 9.97. The van der Waals surface area contributed by atoms with Gasteiger partial charge in [0.25, 0.3) is 9.84 Å². The summed E-state index contributed by atoms with van der Waals surface area (Å²) in [4.78, 5) is 12.1. The van der Waals surface area contributed by atoms with Crippen molar-refractivity contribution in [2.45, 2.75) is 13.8 Å². The number of rotatable bonds is 2. The number of carbonyl (C=O) groups is 1. The molecule has 1 aliphatic heterocycles. The van der Waals surface area contributed by atoms with Crippen LogP contribution in [0.5, 0.6) is 0 Å². The summed E-state index contributed by atoms with van der Waals surface area (Å²) in [5, 5.41) is -0.933. The van der Waals surface area contributed by atoms with E-state index in [2.05, 4.69) is 13.2 Å². The Labute approximate surface area is 90.5 Å². The molecule has 0 saturated heterocycles. The number of hydrogen-bond donors (Lipinski definition) is 0. The third-order valence-electron chi connectivity index (χ3n) is 1.79. The SMILES string of the molecule is C=CC1=C(C=C)S(=O)(=O)C(=O)N1C.CC. The van der Waals surface area contributed by atoms with Crippen LogP contribution in [0.1, 0.15) is 13.8 Å². The number of sulfone groups is 1. The van der Waals surface area contributed by atoms with Crippen LogP contribution in [0.4, 0.5) is 4.79 Å². The van der Waals surface area contributed by atoms with E-state index < -0.39 is 15.1 Å². The second-order valence-corrected chi connectivity index (χ2v) is 4.28. The Morgan fingerprint density at radius 2 is 1.67 bits per heavy atom. The molecule has 0 aromatic heterocycles. The van der Waals surface area contributed by atoms with Gasteiger partial charge in [-0.05, 0) is 12.2 Å². The lowest BCUT2D eigenvalue weighted by Gasteiger charge is -2.07. The first kappa shape index (κ1) is 13.6. The van der Waals surface area contributed by atoms with E-state index >= 15 is 0 Å². The molecule has 0 bridgehead atoms. The number of nitrogens with zero attached hydrogens (tertiary/aromatic N) is 1. The molecule has 0 aliphatic carbocycles. The van der Waals surface area contributed by atoms with Gasteiger partial charge in [0, 0.05) is 7.05 Å². The van der Waals surface area contributed by atoms with Gasteiger partial charge in [-0.2, -0.15) is 0 Å². The Kier molecular flexibility index (Phi) is 4.48. The summed E-state index contributed by atoms with van der Waals surface area (Å²) >= 11 is 0. The molecule has 84 valence electrons. The molecule has 0 N–H and O–H groups in total. The highest BCUT2D eigenvalue weighted by Crippen LogP contribution is 2.28. The first-order chi connectivity index (χ1) is 6.96. The Morgan fingerprint density at radius 1 is 1.20 bits per heavy atom. The molecule has 0 aromatic carbocycles. The molecule has 1 aliphatic rings. The van der Waals surface area contributed by atoms with Gasteiger partial charge in [-0.15, -0.1) is 0 Å². The lowest BCUT2D eigenvalue weighted by Crippen LogP contribution is -2.22. The fourth-order valence-corrected chi connectivity index (χ4v) is 2.49. The number of amides is 1. The summed E-state index contributed by atoms with van der Waals surface area (Å²) in [7, 11) is -2.47. The molecule has 15 heavy (non-hydrogen) atoms. The van der Waals surface area contributed by atoms with E-state index in [0.717, 1.165) is 11.0 Å². The molecule has 0 spiro atoms. The zero-order valence-electron chi connectivity index (χ0n) is 9.15. The number of carbonyl (C=O) groups excluding carboxylic acids is 1. The quantitative estimate of drug-likeness (QED) is 0.728. The molecule has 0 radical (unpaired) electrons. The molecular formula is C10H15NO3S. The average Bonchev–Trinajstić information content (AvgIpc) is 2.41. The lowest BCUT2D eigenvalue weighted by atomic mass is 10.3. The van der Waals surface area contributed by atoms with Crippen molar-refractivity contribution in [3.05, 3.63) is 35.9 Å². The maximum atomic E-state index is 11.3. The minimum absolute atomic E-state index is 0.0741. The van der Waals surface area contributed by atoms with Crippen molar-refractivity contribution < 1.29 is 13.2 Å². The van der Waals surface area contributed by atoms with Crippen molar-refractivity contribution in [1.82, 2.24) is 4.90 Å². The second kappa shape index (κ2) is 4.93. The van der Waals surface area contributed by atoms with Crippen molar-refractivity contribution in [2.24, 2.45) is 0 Å². The monoisotopic (exact) mass is 229 g/mol. The minimum atomic E-state index is -3.85. The molecule has 1 amide bonds. The highest BCUT2D eigenvalue weighted by molar-refractivity contribution is 8.09. The van der Waals surface area contributed by atoms with E-state index in [1.807, 2.05) is 13.8 Å². The van der Waals surface area contributed by atoms with Crippen LogP contribution in [0, 0.1) is 0 Å². The summed E-state index contributed by atoms with van der Waals surface area (Å²) in [5.74, 6) is 0. The van der Waals surface area contributed by atoms with Crippen LogP contribution in [0.15, 0.2) is 35.9 Å². The Bertz CT molecular complexity index is 418. The smallest absolute Gasteiger partial charge is 0.301 e. The molecule has 1 heterocycles. The summed E-state index contributed by atoms with van der Waals surface area (Å²) in [5.41, 5.74) is 0.278. The van der Waals surface area contributed by atoms with Crippen molar-refractivity contribution in [3.8, 4) is 0 Å². The van der Waals surface area contributed by atoms with Gasteiger partial charge in [-0.3, -0.25) is 4.79 Å². The highest BCUT2D eigenvalue weighted by atomic mass is 32.2. The first-order valence-corrected chi connectivity index (χ1v) is 5.97. The summed E-state index contributed by atoms with van der Waals surface area (Å²) < 4.78 is 22.7. The predicted molar refractivity (Wildman–Crippen MR) is 60.8 cm³/mol. The van der Waals surface area contributed by atoms with Gasteiger partial charge in [-0.25, -0.2) is 8.42 Å². The molecular weight excluding hydrogens is 214 g/mol. The van der Waals surface area contributed by atoms with E-state index in [9.17, 15) is 13.2 Å². The summed E-state index contributed by atoms with van der Waals surface area (Å²) in [6.45, 7) is 10.8. The normalized spacial score (nSPS) is 18.3. The Balaban J connectivity index is 0.000000921. The Hall–Kier alpha value is -1.36. The maximum absolute atomic E-state index is 11.3. The van der Waals surface area contributed by atoms with Crippen LogP contribution in [0.3, 0.4) is 0 Å². The maximum Gasteiger partial charge on any atom is 0.348 e. The third-order valence-corrected chi connectivity index (χ3v) is 3.47. The van der Waals surface area contributed by atoms with Crippen molar-refractivity contribution >= 4 is 15.1 Å². The molecule has 0 fully saturated rings. The molecule has 1 rings (SSSR count). The molecule has 0 unspecified atom stereocenters. The predicted octanol–water partition coefficient (Wildman–Crippen LogP) is 2.08. The topological polar surface area (TPSA) is 54.5 Å². The molecule has 5 heteroatoms. The fourth-order valence-electron chi connectivity index (χ4n) is 1.13. The largest absolute Gasteiger partial charge is 0.348 e. The molecule has 0 atom stereocenters. The minimum Gasteiger partial charge on any atom is -0.301 e. The van der Waals surface area contributed by atoms with E-state index in [1.54, 1.807) is 0 Å². The van der Waals surface area contributed by atoms with E-state index in [0.29, 0.717) is 0 Å².